The topological polar surface area (TPSA) is 15.3 Å². The second-order valence-electron chi connectivity index (χ2n) is 6.99. The van der Waals surface area contributed by atoms with Gasteiger partial charge in [-0.2, -0.15) is 0 Å². The molecule has 0 spiro atoms. The van der Waals surface area contributed by atoms with Crippen molar-refractivity contribution in [1.29, 1.82) is 0 Å². The molecule has 0 radical (unpaired) electrons. The van der Waals surface area contributed by atoms with E-state index >= 15 is 0 Å². The second-order valence-corrected chi connectivity index (χ2v) is 6.99. The molecule has 112 valence electrons. The van der Waals surface area contributed by atoms with Gasteiger partial charge in [0.2, 0.25) is 0 Å². The Hall–Kier alpha value is -1.02. The molecule has 1 aliphatic rings. The van der Waals surface area contributed by atoms with Crippen molar-refractivity contribution in [1.82, 2.24) is 5.32 Å². The molecule has 0 heterocycles. The van der Waals surface area contributed by atoms with Gasteiger partial charge < -0.3 is 10.2 Å². The summed E-state index contributed by atoms with van der Waals surface area (Å²) in [5.41, 5.74) is 2.93. The summed E-state index contributed by atoms with van der Waals surface area (Å²) in [6, 6.07) is 9.89. The van der Waals surface area contributed by atoms with Crippen LogP contribution in [0.3, 0.4) is 0 Å². The van der Waals surface area contributed by atoms with Gasteiger partial charge in [-0.05, 0) is 58.2 Å². The van der Waals surface area contributed by atoms with Gasteiger partial charge in [-0.15, -0.1) is 0 Å². The normalized spacial score (nSPS) is 16.6. The van der Waals surface area contributed by atoms with Crippen molar-refractivity contribution in [3.8, 4) is 0 Å². The van der Waals surface area contributed by atoms with E-state index in [1.54, 1.807) is 0 Å². The van der Waals surface area contributed by atoms with Crippen molar-refractivity contribution < 1.29 is 0 Å². The van der Waals surface area contributed by atoms with Gasteiger partial charge in [0, 0.05) is 30.4 Å². The maximum atomic E-state index is 3.54. The minimum absolute atomic E-state index is 0.179. The molecule has 1 N–H and O–H groups in total. The van der Waals surface area contributed by atoms with Crippen LogP contribution in [0.1, 0.15) is 58.9 Å². The summed E-state index contributed by atoms with van der Waals surface area (Å²) in [4.78, 5) is 2.58. The summed E-state index contributed by atoms with van der Waals surface area (Å²) in [5, 5.41) is 3.54. The van der Waals surface area contributed by atoms with Crippen LogP contribution in [0.2, 0.25) is 0 Å². The van der Waals surface area contributed by atoms with Crippen molar-refractivity contribution in [2.45, 2.75) is 71.5 Å². The molecule has 1 aromatic rings. The van der Waals surface area contributed by atoms with Gasteiger partial charge in [-0.1, -0.05) is 25.0 Å². The third-order valence-corrected chi connectivity index (χ3v) is 4.20. The monoisotopic (exact) mass is 274 g/mol. The van der Waals surface area contributed by atoms with Crippen LogP contribution in [-0.4, -0.2) is 18.1 Å². The van der Waals surface area contributed by atoms with Gasteiger partial charge >= 0.3 is 0 Å². The quantitative estimate of drug-likeness (QED) is 0.859. The fourth-order valence-corrected chi connectivity index (χ4v) is 3.04. The van der Waals surface area contributed by atoms with E-state index in [9.17, 15) is 0 Å². The first-order chi connectivity index (χ1) is 9.49. The molecule has 20 heavy (non-hydrogen) atoms. The van der Waals surface area contributed by atoms with E-state index in [0.717, 1.165) is 19.1 Å². The molecular formula is C18H30N2. The molecule has 0 atom stereocenters. The Morgan fingerprint density at radius 1 is 1.10 bits per heavy atom. The fraction of sp³-hybridized carbons (Fsp3) is 0.667. The third kappa shape index (κ3) is 4.24. The predicted molar refractivity (Wildman–Crippen MR) is 88.3 cm³/mol. The van der Waals surface area contributed by atoms with E-state index in [-0.39, 0.29) is 5.54 Å². The Morgan fingerprint density at radius 3 is 2.20 bits per heavy atom. The third-order valence-electron chi connectivity index (χ3n) is 4.20. The fourth-order valence-electron chi connectivity index (χ4n) is 3.04. The van der Waals surface area contributed by atoms with Gasteiger partial charge in [0.25, 0.3) is 0 Å². The molecule has 0 unspecified atom stereocenters. The minimum Gasteiger partial charge on any atom is -0.369 e. The lowest BCUT2D eigenvalue weighted by Crippen LogP contribution is -2.35. The zero-order valence-electron chi connectivity index (χ0n) is 13.6. The molecule has 1 aliphatic carbocycles. The van der Waals surface area contributed by atoms with Crippen molar-refractivity contribution in [2.24, 2.45) is 0 Å². The van der Waals surface area contributed by atoms with E-state index in [1.807, 2.05) is 0 Å². The molecule has 1 saturated carbocycles. The van der Waals surface area contributed by atoms with E-state index in [4.69, 9.17) is 0 Å². The summed E-state index contributed by atoms with van der Waals surface area (Å²) < 4.78 is 0. The molecule has 1 aromatic carbocycles. The standard InChI is InChI=1S/C18H30N2/c1-5-20(16-8-6-7-9-16)17-12-10-15(11-13-17)14-19-18(2,3)4/h10-13,16,19H,5-9,14H2,1-4H3. The number of hydrogen-bond donors (Lipinski definition) is 1. The number of benzene rings is 1. The van der Waals surface area contributed by atoms with Crippen molar-refractivity contribution in [3.63, 3.8) is 0 Å². The predicted octanol–water partition coefficient (Wildman–Crippen LogP) is 4.34. The maximum absolute atomic E-state index is 3.54. The zero-order valence-corrected chi connectivity index (χ0v) is 13.6. The van der Waals surface area contributed by atoms with Crippen LogP contribution in [0.4, 0.5) is 5.69 Å². The minimum atomic E-state index is 0.179. The molecule has 0 saturated heterocycles. The molecule has 2 nitrogen and oxygen atoms in total. The molecule has 0 aromatic heterocycles. The number of anilines is 1. The van der Waals surface area contributed by atoms with E-state index < -0.39 is 0 Å². The molecular weight excluding hydrogens is 244 g/mol. The smallest absolute Gasteiger partial charge is 0.0368 e. The summed E-state index contributed by atoms with van der Waals surface area (Å²) in [7, 11) is 0. The van der Waals surface area contributed by atoms with Crippen molar-refractivity contribution in [3.05, 3.63) is 29.8 Å². The van der Waals surface area contributed by atoms with Crippen LogP contribution in [-0.2, 0) is 6.54 Å². The Morgan fingerprint density at radius 2 is 1.70 bits per heavy atom. The van der Waals surface area contributed by atoms with Crippen LogP contribution >= 0.6 is 0 Å². The highest BCUT2D eigenvalue weighted by Gasteiger charge is 2.21. The largest absolute Gasteiger partial charge is 0.369 e. The van der Waals surface area contributed by atoms with Crippen LogP contribution < -0.4 is 10.2 Å². The Kier molecular flexibility index (Phi) is 5.09. The highest BCUT2D eigenvalue weighted by atomic mass is 15.2. The second kappa shape index (κ2) is 6.62. The van der Waals surface area contributed by atoms with Crippen LogP contribution in [0.25, 0.3) is 0 Å². The van der Waals surface area contributed by atoms with E-state index in [1.165, 1.54) is 36.9 Å². The van der Waals surface area contributed by atoms with Gasteiger partial charge in [-0.3, -0.25) is 0 Å². The Balaban J connectivity index is 1.99. The average molecular weight is 274 g/mol. The van der Waals surface area contributed by atoms with Crippen LogP contribution in [0, 0.1) is 0 Å². The summed E-state index contributed by atoms with van der Waals surface area (Å²) in [6.07, 6.45) is 5.52. The van der Waals surface area contributed by atoms with Crippen LogP contribution in [0.15, 0.2) is 24.3 Å². The molecule has 2 heteroatoms. The Bertz CT molecular complexity index is 396. The van der Waals surface area contributed by atoms with Crippen molar-refractivity contribution >= 4 is 5.69 Å². The zero-order chi connectivity index (χ0) is 14.6. The first kappa shape index (κ1) is 15.4. The average Bonchev–Trinajstić information content (AvgIpc) is 2.92. The highest BCUT2D eigenvalue weighted by molar-refractivity contribution is 5.48. The lowest BCUT2D eigenvalue weighted by atomic mass is 10.1. The van der Waals surface area contributed by atoms with Crippen LogP contribution in [0.5, 0.6) is 0 Å². The molecule has 0 bridgehead atoms. The number of nitrogens with zero attached hydrogens (tertiary/aromatic N) is 1. The van der Waals surface area contributed by atoms with Gasteiger partial charge in [-0.25, -0.2) is 0 Å². The summed E-state index contributed by atoms with van der Waals surface area (Å²) in [6.45, 7) is 11.0. The number of hydrogen-bond acceptors (Lipinski definition) is 2. The molecule has 0 amide bonds. The lowest BCUT2D eigenvalue weighted by Gasteiger charge is -2.30. The number of nitrogens with one attached hydrogen (secondary N) is 1. The van der Waals surface area contributed by atoms with Gasteiger partial charge in [0.05, 0.1) is 0 Å². The Labute approximate surface area is 124 Å². The highest BCUT2D eigenvalue weighted by Crippen LogP contribution is 2.28. The number of rotatable bonds is 5. The molecule has 0 aliphatic heterocycles. The first-order valence-corrected chi connectivity index (χ1v) is 8.10. The van der Waals surface area contributed by atoms with Crippen molar-refractivity contribution in [2.75, 3.05) is 11.4 Å². The van der Waals surface area contributed by atoms with E-state index in [0.29, 0.717) is 0 Å². The first-order valence-electron chi connectivity index (χ1n) is 8.10. The SMILES string of the molecule is CCN(c1ccc(CNC(C)(C)C)cc1)C1CCCC1. The van der Waals surface area contributed by atoms with Gasteiger partial charge in [0.15, 0.2) is 0 Å². The maximum Gasteiger partial charge on any atom is 0.0368 e. The molecule has 1 fully saturated rings. The molecule has 2 rings (SSSR count). The van der Waals surface area contributed by atoms with E-state index in [2.05, 4.69) is 62.2 Å². The summed E-state index contributed by atoms with van der Waals surface area (Å²) in [5.74, 6) is 0. The van der Waals surface area contributed by atoms with Gasteiger partial charge in [0.1, 0.15) is 0 Å². The summed E-state index contributed by atoms with van der Waals surface area (Å²) >= 11 is 0. The lowest BCUT2D eigenvalue weighted by molar-refractivity contribution is 0.424.